The molecule has 3 fully saturated rings. The topological polar surface area (TPSA) is 57.2 Å². The highest BCUT2D eigenvalue weighted by molar-refractivity contribution is 5.66. The number of rotatable bonds is 6. The summed E-state index contributed by atoms with van der Waals surface area (Å²) in [5.74, 6) is 2.96. The Labute approximate surface area is 219 Å². The van der Waals surface area contributed by atoms with E-state index in [0.717, 1.165) is 89.6 Å². The van der Waals surface area contributed by atoms with Crippen molar-refractivity contribution in [3.63, 3.8) is 0 Å². The Hall–Kier alpha value is -3.36. The van der Waals surface area contributed by atoms with Gasteiger partial charge in [-0.2, -0.15) is 9.97 Å². The number of ether oxygens (including phenoxy) is 2. The number of morpholine rings is 2. The summed E-state index contributed by atoms with van der Waals surface area (Å²) in [6, 6.07) is 21.4. The lowest BCUT2D eigenvalue weighted by molar-refractivity contribution is 0.121. The van der Waals surface area contributed by atoms with Gasteiger partial charge in [0, 0.05) is 70.0 Å². The molecule has 2 aromatic carbocycles. The fourth-order valence-corrected chi connectivity index (χ4v) is 5.43. The lowest BCUT2D eigenvalue weighted by atomic mass is 10.0. The molecule has 6 rings (SSSR count). The second-order valence-electron chi connectivity index (χ2n) is 9.82. The molecule has 194 valence electrons. The minimum absolute atomic E-state index is 0.715. The summed E-state index contributed by atoms with van der Waals surface area (Å²) in [6.45, 7) is 10.0. The normalized spacial score (nSPS) is 18.8. The Morgan fingerprint density at radius 3 is 1.62 bits per heavy atom. The number of para-hydroxylation sites is 1. The van der Waals surface area contributed by atoms with Crippen LogP contribution < -0.4 is 19.6 Å². The summed E-state index contributed by atoms with van der Waals surface area (Å²) in [5.41, 5.74) is 3.79. The number of aromatic nitrogens is 2. The quantitative estimate of drug-likeness (QED) is 0.512. The van der Waals surface area contributed by atoms with E-state index in [4.69, 9.17) is 19.4 Å². The van der Waals surface area contributed by atoms with Gasteiger partial charge >= 0.3 is 0 Å². The molecule has 0 N–H and O–H groups in total. The summed E-state index contributed by atoms with van der Waals surface area (Å²) in [5, 5.41) is 0. The first kappa shape index (κ1) is 24.0. The van der Waals surface area contributed by atoms with E-state index < -0.39 is 0 Å². The van der Waals surface area contributed by atoms with E-state index in [9.17, 15) is 0 Å². The number of nitrogens with zero attached hydrogens (tertiary/aromatic N) is 6. The zero-order valence-corrected chi connectivity index (χ0v) is 21.5. The van der Waals surface area contributed by atoms with E-state index >= 15 is 0 Å². The second-order valence-corrected chi connectivity index (χ2v) is 9.82. The molecule has 8 heteroatoms. The van der Waals surface area contributed by atoms with E-state index in [1.54, 1.807) is 0 Å². The Kier molecular flexibility index (Phi) is 7.37. The molecule has 4 heterocycles. The monoisotopic (exact) mass is 500 g/mol. The minimum atomic E-state index is 0.715. The van der Waals surface area contributed by atoms with Crippen molar-refractivity contribution < 1.29 is 9.47 Å². The van der Waals surface area contributed by atoms with Crippen LogP contribution in [0.3, 0.4) is 0 Å². The Morgan fingerprint density at radius 1 is 0.541 bits per heavy atom. The summed E-state index contributed by atoms with van der Waals surface area (Å²) >= 11 is 0. The van der Waals surface area contributed by atoms with Gasteiger partial charge in [0.05, 0.1) is 26.4 Å². The van der Waals surface area contributed by atoms with Gasteiger partial charge in [-0.15, -0.1) is 0 Å². The molecule has 0 bridgehead atoms. The Morgan fingerprint density at radius 2 is 1.03 bits per heavy atom. The Bertz CT molecular complexity index is 1140. The second kappa shape index (κ2) is 11.4. The molecular formula is C29H36N6O2. The van der Waals surface area contributed by atoms with Crippen LogP contribution in [-0.2, 0) is 15.9 Å². The van der Waals surface area contributed by atoms with Crippen LogP contribution in [0.15, 0.2) is 60.7 Å². The fourth-order valence-electron chi connectivity index (χ4n) is 5.43. The summed E-state index contributed by atoms with van der Waals surface area (Å²) in [7, 11) is 0. The van der Waals surface area contributed by atoms with Crippen LogP contribution in [-0.4, -0.2) is 88.8 Å². The van der Waals surface area contributed by atoms with Crippen molar-refractivity contribution in [2.75, 3.05) is 98.4 Å². The maximum Gasteiger partial charge on any atom is 0.229 e. The van der Waals surface area contributed by atoms with Gasteiger partial charge in [0.25, 0.3) is 0 Å². The van der Waals surface area contributed by atoms with E-state index in [1.165, 1.54) is 16.8 Å². The van der Waals surface area contributed by atoms with Gasteiger partial charge in [-0.05, 0) is 17.7 Å². The zero-order valence-electron chi connectivity index (χ0n) is 21.5. The van der Waals surface area contributed by atoms with Crippen LogP contribution in [0.2, 0.25) is 0 Å². The van der Waals surface area contributed by atoms with Crippen molar-refractivity contribution >= 4 is 23.3 Å². The highest BCUT2D eigenvalue weighted by Crippen LogP contribution is 2.34. The molecule has 0 amide bonds. The van der Waals surface area contributed by atoms with Crippen LogP contribution in [0, 0.1) is 0 Å². The molecule has 1 aromatic heterocycles. The van der Waals surface area contributed by atoms with Gasteiger partial charge in [0.1, 0.15) is 11.6 Å². The predicted octanol–water partition coefficient (Wildman–Crippen LogP) is 3.07. The third kappa shape index (κ3) is 5.50. The molecule has 0 aliphatic carbocycles. The average Bonchev–Trinajstić information content (AvgIpc) is 2.99. The summed E-state index contributed by atoms with van der Waals surface area (Å²) in [6.07, 6.45) is 0.811. The molecular weight excluding hydrogens is 464 g/mol. The van der Waals surface area contributed by atoms with Crippen LogP contribution in [0.5, 0.6) is 0 Å². The number of hydrogen-bond donors (Lipinski definition) is 0. The van der Waals surface area contributed by atoms with E-state index in [-0.39, 0.29) is 0 Å². The molecule has 3 aliphatic heterocycles. The van der Waals surface area contributed by atoms with Gasteiger partial charge in [0.2, 0.25) is 5.95 Å². The molecule has 3 aromatic rings. The molecule has 0 unspecified atom stereocenters. The first-order valence-electron chi connectivity index (χ1n) is 13.5. The van der Waals surface area contributed by atoms with Gasteiger partial charge in [-0.1, -0.05) is 48.5 Å². The lowest BCUT2D eigenvalue weighted by Gasteiger charge is -2.39. The molecule has 3 saturated heterocycles. The van der Waals surface area contributed by atoms with Gasteiger partial charge in [-0.25, -0.2) is 0 Å². The largest absolute Gasteiger partial charge is 0.378 e. The standard InChI is InChI=1S/C29H36N6O2/c1-3-7-24(8-4-1)23-26-27(33-13-11-32(12-14-33)25-9-5-2-6-10-25)30-29(35-17-21-37-22-18-35)31-28(26)34-15-19-36-20-16-34/h1-10H,11-23H2. The van der Waals surface area contributed by atoms with E-state index in [2.05, 4.69) is 80.3 Å². The summed E-state index contributed by atoms with van der Waals surface area (Å²) in [4.78, 5) is 20.1. The molecule has 0 saturated carbocycles. The third-order valence-electron chi connectivity index (χ3n) is 7.48. The van der Waals surface area contributed by atoms with Crippen molar-refractivity contribution in [3.05, 3.63) is 71.8 Å². The third-order valence-corrected chi connectivity index (χ3v) is 7.48. The number of piperazine rings is 1. The van der Waals surface area contributed by atoms with Crippen LogP contribution in [0.1, 0.15) is 11.1 Å². The molecule has 0 atom stereocenters. The van der Waals surface area contributed by atoms with Crippen molar-refractivity contribution in [1.82, 2.24) is 9.97 Å². The highest BCUT2D eigenvalue weighted by atomic mass is 16.5. The maximum absolute atomic E-state index is 5.70. The van der Waals surface area contributed by atoms with Gasteiger partial charge < -0.3 is 29.1 Å². The maximum atomic E-state index is 5.70. The first-order chi connectivity index (χ1) is 18.3. The minimum Gasteiger partial charge on any atom is -0.378 e. The van der Waals surface area contributed by atoms with E-state index in [1.807, 2.05) is 0 Å². The molecule has 0 radical (unpaired) electrons. The smallest absolute Gasteiger partial charge is 0.229 e. The molecule has 37 heavy (non-hydrogen) atoms. The van der Waals surface area contributed by atoms with Crippen molar-refractivity contribution in [2.24, 2.45) is 0 Å². The van der Waals surface area contributed by atoms with Crippen molar-refractivity contribution in [1.29, 1.82) is 0 Å². The first-order valence-corrected chi connectivity index (χ1v) is 13.5. The van der Waals surface area contributed by atoms with Crippen molar-refractivity contribution in [3.8, 4) is 0 Å². The van der Waals surface area contributed by atoms with E-state index in [0.29, 0.717) is 13.2 Å². The zero-order chi connectivity index (χ0) is 24.9. The Balaban J connectivity index is 1.38. The molecule has 3 aliphatic rings. The van der Waals surface area contributed by atoms with Crippen molar-refractivity contribution in [2.45, 2.75) is 6.42 Å². The SMILES string of the molecule is c1ccc(Cc2c(N3CCOCC3)nc(N3CCOCC3)nc2N2CCN(c3ccccc3)CC2)cc1. The average molecular weight is 501 g/mol. The predicted molar refractivity (Wildman–Crippen MR) is 148 cm³/mol. The molecule has 0 spiro atoms. The van der Waals surface area contributed by atoms with Gasteiger partial charge in [-0.3, -0.25) is 0 Å². The van der Waals surface area contributed by atoms with Crippen LogP contribution in [0.25, 0.3) is 0 Å². The lowest BCUT2D eigenvalue weighted by Crippen LogP contribution is -2.48. The highest BCUT2D eigenvalue weighted by Gasteiger charge is 2.28. The van der Waals surface area contributed by atoms with Gasteiger partial charge in [0.15, 0.2) is 0 Å². The number of anilines is 4. The fraction of sp³-hybridized carbons (Fsp3) is 0.448. The number of hydrogen-bond acceptors (Lipinski definition) is 8. The van der Waals surface area contributed by atoms with Crippen LogP contribution in [0.4, 0.5) is 23.3 Å². The number of benzene rings is 2. The molecule has 8 nitrogen and oxygen atoms in total. The summed E-state index contributed by atoms with van der Waals surface area (Å²) < 4.78 is 11.3. The van der Waals surface area contributed by atoms with Crippen LogP contribution >= 0.6 is 0 Å².